The molecule has 2 atom stereocenters. The third-order valence-corrected chi connectivity index (χ3v) is 5.57. The van der Waals surface area contributed by atoms with Gasteiger partial charge in [-0.2, -0.15) is 0 Å². The van der Waals surface area contributed by atoms with E-state index in [2.05, 4.69) is 4.90 Å². The average molecular weight is 341 g/mol. The number of likely N-dealkylation sites (tertiary alicyclic amines) is 2. The van der Waals surface area contributed by atoms with Crippen molar-refractivity contribution in [3.8, 4) is 0 Å². The number of amides is 1. The van der Waals surface area contributed by atoms with E-state index in [0.717, 1.165) is 12.1 Å². The number of aliphatic hydroxyl groups is 1. The molecule has 0 radical (unpaired) electrons. The van der Waals surface area contributed by atoms with Crippen molar-refractivity contribution in [2.24, 2.45) is 5.92 Å². The van der Waals surface area contributed by atoms with E-state index in [9.17, 15) is 14.3 Å². The third kappa shape index (κ3) is 3.52. The molecule has 3 rings (SSSR count). The second kappa shape index (κ2) is 6.38. The minimum atomic E-state index is -0.686. The molecule has 1 N–H and O–H groups in total. The largest absolute Gasteiger partial charge is 0.389 e. The molecule has 2 aliphatic heterocycles. The van der Waals surface area contributed by atoms with E-state index < -0.39 is 5.60 Å². The van der Waals surface area contributed by atoms with Crippen LogP contribution in [-0.2, 0) is 11.3 Å². The Morgan fingerprint density at radius 1 is 1.39 bits per heavy atom. The molecule has 23 heavy (non-hydrogen) atoms. The second-order valence-corrected chi connectivity index (χ2v) is 7.14. The van der Waals surface area contributed by atoms with E-state index in [1.807, 2.05) is 0 Å². The van der Waals surface area contributed by atoms with E-state index in [4.69, 9.17) is 11.6 Å². The standard InChI is InChI=1S/C17H22ClFN2O2/c1-12(22)21-7-5-17(23)4-6-20(10-14(17)11-21)9-13-8-15(19)2-3-16(13)18/h2-3,8,14,23H,4-7,9-11H2,1H3/t14-,17-/m0/s1. The lowest BCUT2D eigenvalue weighted by atomic mass is 9.75. The van der Waals surface area contributed by atoms with E-state index in [1.165, 1.54) is 12.1 Å². The minimum Gasteiger partial charge on any atom is -0.389 e. The summed E-state index contributed by atoms with van der Waals surface area (Å²) in [5.41, 5.74) is 0.0742. The van der Waals surface area contributed by atoms with Gasteiger partial charge in [0.1, 0.15) is 5.82 Å². The van der Waals surface area contributed by atoms with Crippen molar-refractivity contribution in [2.75, 3.05) is 26.2 Å². The Balaban J connectivity index is 1.70. The van der Waals surface area contributed by atoms with Gasteiger partial charge in [0.05, 0.1) is 5.60 Å². The molecule has 6 heteroatoms. The highest BCUT2D eigenvalue weighted by molar-refractivity contribution is 6.31. The Bertz CT molecular complexity index is 612. The first-order chi connectivity index (χ1) is 10.9. The maximum absolute atomic E-state index is 13.4. The number of hydrogen-bond donors (Lipinski definition) is 1. The lowest BCUT2D eigenvalue weighted by Gasteiger charge is -2.50. The molecule has 2 aliphatic rings. The zero-order valence-electron chi connectivity index (χ0n) is 13.3. The van der Waals surface area contributed by atoms with Crippen molar-refractivity contribution in [3.05, 3.63) is 34.6 Å². The van der Waals surface area contributed by atoms with Gasteiger partial charge in [0, 0.05) is 50.6 Å². The molecule has 2 saturated heterocycles. The molecule has 1 aromatic carbocycles. The summed E-state index contributed by atoms with van der Waals surface area (Å²) >= 11 is 6.15. The number of fused-ring (bicyclic) bond motifs is 1. The molecule has 1 aromatic rings. The van der Waals surface area contributed by atoms with Gasteiger partial charge in [0.25, 0.3) is 0 Å². The van der Waals surface area contributed by atoms with Crippen LogP contribution in [0.1, 0.15) is 25.3 Å². The number of rotatable bonds is 2. The fourth-order valence-electron chi connectivity index (χ4n) is 3.71. The van der Waals surface area contributed by atoms with Crippen LogP contribution in [-0.4, -0.2) is 52.6 Å². The van der Waals surface area contributed by atoms with Gasteiger partial charge >= 0.3 is 0 Å². The number of nitrogens with zero attached hydrogens (tertiary/aromatic N) is 2. The van der Waals surface area contributed by atoms with Crippen LogP contribution >= 0.6 is 11.6 Å². The first kappa shape index (κ1) is 16.7. The number of hydrogen-bond acceptors (Lipinski definition) is 3. The zero-order chi connectivity index (χ0) is 16.6. The first-order valence-electron chi connectivity index (χ1n) is 8.01. The molecule has 126 valence electrons. The Kier molecular flexibility index (Phi) is 4.63. The molecule has 1 amide bonds. The smallest absolute Gasteiger partial charge is 0.219 e. The zero-order valence-corrected chi connectivity index (χ0v) is 14.0. The van der Waals surface area contributed by atoms with Gasteiger partial charge in [0.15, 0.2) is 0 Å². The molecular weight excluding hydrogens is 319 g/mol. The van der Waals surface area contributed by atoms with Crippen molar-refractivity contribution < 1.29 is 14.3 Å². The first-order valence-corrected chi connectivity index (χ1v) is 8.39. The van der Waals surface area contributed by atoms with Crippen LogP contribution in [0.5, 0.6) is 0 Å². The van der Waals surface area contributed by atoms with E-state index in [-0.39, 0.29) is 17.6 Å². The summed E-state index contributed by atoms with van der Waals surface area (Å²) in [6, 6.07) is 4.39. The van der Waals surface area contributed by atoms with Crippen LogP contribution in [0.4, 0.5) is 4.39 Å². The highest BCUT2D eigenvalue weighted by Crippen LogP contribution is 2.36. The summed E-state index contributed by atoms with van der Waals surface area (Å²) in [6.07, 6.45) is 1.31. The molecule has 0 aliphatic carbocycles. The number of benzene rings is 1. The van der Waals surface area contributed by atoms with Crippen LogP contribution in [0.3, 0.4) is 0 Å². The molecule has 0 spiro atoms. The van der Waals surface area contributed by atoms with Crippen LogP contribution in [0.25, 0.3) is 0 Å². The molecule has 4 nitrogen and oxygen atoms in total. The maximum Gasteiger partial charge on any atom is 0.219 e. The molecule has 0 unspecified atom stereocenters. The Morgan fingerprint density at radius 3 is 2.87 bits per heavy atom. The normalized spacial score (nSPS) is 28.5. The van der Waals surface area contributed by atoms with E-state index in [1.54, 1.807) is 17.9 Å². The molecule has 0 saturated carbocycles. The monoisotopic (exact) mass is 340 g/mol. The van der Waals surface area contributed by atoms with Gasteiger partial charge in [0.2, 0.25) is 5.91 Å². The Hall–Kier alpha value is -1.17. The van der Waals surface area contributed by atoms with Crippen molar-refractivity contribution in [1.82, 2.24) is 9.80 Å². The number of halogens is 2. The highest BCUT2D eigenvalue weighted by Gasteiger charge is 2.45. The molecule has 0 bridgehead atoms. The lowest BCUT2D eigenvalue weighted by Crippen LogP contribution is -2.60. The summed E-state index contributed by atoms with van der Waals surface area (Å²) in [5.74, 6) is -0.211. The summed E-state index contributed by atoms with van der Waals surface area (Å²) in [7, 11) is 0. The van der Waals surface area contributed by atoms with Gasteiger partial charge in [-0.25, -0.2) is 4.39 Å². The Morgan fingerprint density at radius 2 is 2.13 bits per heavy atom. The van der Waals surface area contributed by atoms with Crippen molar-refractivity contribution in [1.29, 1.82) is 0 Å². The van der Waals surface area contributed by atoms with Crippen LogP contribution < -0.4 is 0 Å². The predicted octanol–water partition coefficient (Wildman–Crippen LogP) is 2.28. The van der Waals surface area contributed by atoms with E-state index in [0.29, 0.717) is 44.0 Å². The maximum atomic E-state index is 13.4. The fraction of sp³-hybridized carbons (Fsp3) is 0.588. The molecular formula is C17H22ClFN2O2. The second-order valence-electron chi connectivity index (χ2n) is 6.74. The number of carbonyl (C=O) groups is 1. The Labute approximate surface area is 140 Å². The van der Waals surface area contributed by atoms with Crippen molar-refractivity contribution in [2.45, 2.75) is 31.9 Å². The number of piperidine rings is 2. The fourth-order valence-corrected chi connectivity index (χ4v) is 3.88. The quantitative estimate of drug-likeness (QED) is 0.898. The summed E-state index contributed by atoms with van der Waals surface area (Å²) in [6.45, 7) is 4.77. The number of carbonyl (C=O) groups excluding carboxylic acids is 1. The van der Waals surface area contributed by atoms with Crippen LogP contribution in [0.2, 0.25) is 5.02 Å². The third-order valence-electron chi connectivity index (χ3n) is 5.20. The molecule has 2 heterocycles. The minimum absolute atomic E-state index is 0.0289. The van der Waals surface area contributed by atoms with Gasteiger partial charge in [-0.3, -0.25) is 9.69 Å². The van der Waals surface area contributed by atoms with Gasteiger partial charge in [-0.1, -0.05) is 11.6 Å². The average Bonchev–Trinajstić information content (AvgIpc) is 2.50. The summed E-state index contributed by atoms with van der Waals surface area (Å²) in [5, 5.41) is 11.4. The van der Waals surface area contributed by atoms with Crippen LogP contribution in [0.15, 0.2) is 18.2 Å². The van der Waals surface area contributed by atoms with Gasteiger partial charge in [-0.15, -0.1) is 0 Å². The van der Waals surface area contributed by atoms with Gasteiger partial charge in [-0.05, 0) is 36.6 Å². The van der Waals surface area contributed by atoms with Crippen molar-refractivity contribution in [3.63, 3.8) is 0 Å². The van der Waals surface area contributed by atoms with E-state index >= 15 is 0 Å². The topological polar surface area (TPSA) is 43.8 Å². The summed E-state index contributed by atoms with van der Waals surface area (Å²) < 4.78 is 13.4. The van der Waals surface area contributed by atoms with Gasteiger partial charge < -0.3 is 10.0 Å². The van der Waals surface area contributed by atoms with Crippen molar-refractivity contribution >= 4 is 17.5 Å². The predicted molar refractivity (Wildman–Crippen MR) is 86.6 cm³/mol. The van der Waals surface area contributed by atoms with Crippen LogP contribution in [0, 0.1) is 11.7 Å². The molecule has 2 fully saturated rings. The SMILES string of the molecule is CC(=O)N1CC[C@@]2(O)CCN(Cc3cc(F)ccc3Cl)C[C@H]2C1. The lowest BCUT2D eigenvalue weighted by molar-refractivity contribution is -0.145. The molecule has 0 aromatic heterocycles. The highest BCUT2D eigenvalue weighted by atomic mass is 35.5. The summed E-state index contributed by atoms with van der Waals surface area (Å²) in [4.78, 5) is 15.6.